The molecule has 0 spiro atoms. The first kappa shape index (κ1) is 14.5. The van der Waals surface area contributed by atoms with E-state index in [1.807, 2.05) is 4.90 Å². The van der Waals surface area contributed by atoms with Crippen LogP contribution in [0.4, 0.5) is 0 Å². The number of rotatable bonds is 1. The molecule has 0 bridgehead atoms. The molecule has 5 rings (SSSR count). The van der Waals surface area contributed by atoms with Crippen LogP contribution in [0.3, 0.4) is 0 Å². The molecule has 126 valence electrons. The number of hydrogen-bond acceptors (Lipinski definition) is 2. The van der Waals surface area contributed by atoms with Gasteiger partial charge in [-0.15, -0.1) is 0 Å². The van der Waals surface area contributed by atoms with Crippen molar-refractivity contribution in [1.82, 2.24) is 14.9 Å². The Kier molecular flexibility index (Phi) is 3.10. The maximum atomic E-state index is 13.2. The number of aromatic nitrogens is 2. The van der Waals surface area contributed by atoms with Crippen LogP contribution in [0, 0.1) is 0 Å². The maximum absolute atomic E-state index is 13.2. The van der Waals surface area contributed by atoms with Gasteiger partial charge in [-0.25, -0.2) is 4.79 Å². The van der Waals surface area contributed by atoms with Gasteiger partial charge in [-0.05, 0) is 48.6 Å². The Bertz CT molecular complexity index is 1030. The van der Waals surface area contributed by atoms with Crippen molar-refractivity contribution in [2.24, 2.45) is 0 Å². The number of carbonyl (C=O) groups is 1. The third-order valence-corrected chi connectivity index (χ3v) is 5.69. The molecule has 0 radical (unpaired) electrons. The molecule has 5 nitrogen and oxygen atoms in total. The molecule has 1 fully saturated rings. The van der Waals surface area contributed by atoms with Crippen molar-refractivity contribution in [2.45, 2.75) is 31.2 Å². The number of piperidine rings is 1. The molecule has 2 aromatic carbocycles. The second-order valence-corrected chi connectivity index (χ2v) is 7.06. The molecule has 1 amide bonds. The van der Waals surface area contributed by atoms with Gasteiger partial charge in [0.1, 0.15) is 0 Å². The molecule has 1 aliphatic heterocycles. The monoisotopic (exact) mass is 333 g/mol. The van der Waals surface area contributed by atoms with Crippen LogP contribution >= 0.6 is 0 Å². The molecular weight excluding hydrogens is 314 g/mol. The average Bonchev–Trinajstić information content (AvgIpc) is 3.19. The molecule has 2 atom stereocenters. The summed E-state index contributed by atoms with van der Waals surface area (Å²) in [5.41, 5.74) is 4.59. The van der Waals surface area contributed by atoms with Crippen molar-refractivity contribution in [1.29, 1.82) is 0 Å². The smallest absolute Gasteiger partial charge is 0.323 e. The highest BCUT2D eigenvalue weighted by Gasteiger charge is 2.40. The molecule has 1 aromatic heterocycles. The minimum atomic E-state index is -0.246. The second kappa shape index (κ2) is 5.34. The van der Waals surface area contributed by atoms with Crippen LogP contribution in [0.25, 0.3) is 11.0 Å². The van der Waals surface area contributed by atoms with Gasteiger partial charge >= 0.3 is 5.69 Å². The third kappa shape index (κ3) is 2.22. The average molecular weight is 333 g/mol. The zero-order valence-corrected chi connectivity index (χ0v) is 13.8. The lowest BCUT2D eigenvalue weighted by atomic mass is 9.88. The highest BCUT2D eigenvalue weighted by atomic mass is 16.2. The SMILES string of the molecule is O=C(c1ccc2[nH]c(=O)[nH]c2c1)N1CCCC2c3ccccc3CC21. The van der Waals surface area contributed by atoms with Crippen LogP contribution in [0.15, 0.2) is 47.3 Å². The number of nitrogens with zero attached hydrogens (tertiary/aromatic N) is 1. The lowest BCUT2D eigenvalue weighted by molar-refractivity contribution is 0.0595. The number of hydrogen-bond donors (Lipinski definition) is 2. The van der Waals surface area contributed by atoms with E-state index in [0.29, 0.717) is 17.0 Å². The Morgan fingerprint density at radius 2 is 1.92 bits per heavy atom. The fourth-order valence-electron chi connectivity index (χ4n) is 4.56. The maximum Gasteiger partial charge on any atom is 0.323 e. The Morgan fingerprint density at radius 1 is 1.08 bits per heavy atom. The van der Waals surface area contributed by atoms with Crippen LogP contribution in [0.5, 0.6) is 0 Å². The molecule has 2 aliphatic rings. The summed E-state index contributed by atoms with van der Waals surface area (Å²) < 4.78 is 0. The zero-order valence-electron chi connectivity index (χ0n) is 13.8. The molecule has 2 unspecified atom stereocenters. The standard InChI is InChI=1S/C20H19N3O2/c24-19(13-7-8-16-17(10-13)22-20(25)21-16)23-9-3-6-15-14-5-2-1-4-12(14)11-18(15)23/h1-2,4-5,7-8,10,15,18H,3,6,9,11H2,(H2,21,22,25). The van der Waals surface area contributed by atoms with Gasteiger partial charge < -0.3 is 14.9 Å². The van der Waals surface area contributed by atoms with Crippen LogP contribution in [-0.2, 0) is 6.42 Å². The molecule has 5 heteroatoms. The van der Waals surface area contributed by atoms with Gasteiger partial charge in [0.15, 0.2) is 0 Å². The van der Waals surface area contributed by atoms with Gasteiger partial charge in [-0.3, -0.25) is 4.79 Å². The fraction of sp³-hybridized carbons (Fsp3) is 0.300. The van der Waals surface area contributed by atoms with Crippen LogP contribution < -0.4 is 5.69 Å². The fourth-order valence-corrected chi connectivity index (χ4v) is 4.56. The highest BCUT2D eigenvalue weighted by molar-refractivity contribution is 5.97. The molecule has 3 aromatic rings. The number of likely N-dealkylation sites (tertiary alicyclic amines) is 1. The Morgan fingerprint density at radius 3 is 2.84 bits per heavy atom. The van der Waals surface area contributed by atoms with Gasteiger partial charge in [0.25, 0.3) is 5.91 Å². The lowest BCUT2D eigenvalue weighted by Crippen LogP contribution is -2.46. The molecule has 2 heterocycles. The largest absolute Gasteiger partial charge is 0.335 e. The summed E-state index contributed by atoms with van der Waals surface area (Å²) in [6.07, 6.45) is 3.12. The summed E-state index contributed by atoms with van der Waals surface area (Å²) in [6.45, 7) is 0.801. The van der Waals surface area contributed by atoms with Gasteiger partial charge in [0.2, 0.25) is 0 Å². The van der Waals surface area contributed by atoms with Crippen molar-refractivity contribution >= 4 is 16.9 Å². The van der Waals surface area contributed by atoms with Crippen molar-refractivity contribution in [3.05, 3.63) is 69.6 Å². The van der Waals surface area contributed by atoms with Gasteiger partial charge in [-0.1, -0.05) is 24.3 Å². The van der Waals surface area contributed by atoms with E-state index in [1.54, 1.807) is 18.2 Å². The minimum Gasteiger partial charge on any atom is -0.335 e. The molecule has 1 saturated heterocycles. The summed E-state index contributed by atoms with van der Waals surface area (Å²) in [5.74, 6) is 0.510. The summed E-state index contributed by atoms with van der Waals surface area (Å²) in [5, 5.41) is 0. The lowest BCUT2D eigenvalue weighted by Gasteiger charge is -2.38. The number of nitrogens with one attached hydrogen (secondary N) is 2. The van der Waals surface area contributed by atoms with E-state index in [-0.39, 0.29) is 17.6 Å². The van der Waals surface area contributed by atoms with Crippen molar-refractivity contribution in [2.75, 3.05) is 6.54 Å². The number of benzene rings is 2. The predicted octanol–water partition coefficient (Wildman–Crippen LogP) is 2.80. The minimum absolute atomic E-state index is 0.0615. The second-order valence-electron chi connectivity index (χ2n) is 7.06. The number of aromatic amines is 2. The number of amides is 1. The topological polar surface area (TPSA) is 69.0 Å². The number of H-pyrrole nitrogens is 2. The van der Waals surface area contributed by atoms with E-state index in [2.05, 4.69) is 34.2 Å². The van der Waals surface area contributed by atoms with Crippen molar-refractivity contribution in [3.8, 4) is 0 Å². The summed E-state index contributed by atoms with van der Waals surface area (Å²) in [4.78, 5) is 32.1. The van der Waals surface area contributed by atoms with E-state index in [0.717, 1.165) is 31.3 Å². The normalized spacial score (nSPS) is 22.0. The Labute approximate surface area is 144 Å². The van der Waals surface area contributed by atoms with E-state index in [4.69, 9.17) is 0 Å². The Balaban J connectivity index is 1.49. The van der Waals surface area contributed by atoms with Crippen LogP contribution in [-0.4, -0.2) is 33.4 Å². The van der Waals surface area contributed by atoms with E-state index >= 15 is 0 Å². The van der Waals surface area contributed by atoms with E-state index < -0.39 is 0 Å². The predicted molar refractivity (Wildman–Crippen MR) is 95.9 cm³/mol. The Hall–Kier alpha value is -2.82. The zero-order chi connectivity index (χ0) is 17.0. The van der Waals surface area contributed by atoms with E-state index in [1.165, 1.54) is 11.1 Å². The van der Waals surface area contributed by atoms with Crippen molar-refractivity contribution < 1.29 is 4.79 Å². The van der Waals surface area contributed by atoms with Gasteiger partial charge in [0.05, 0.1) is 11.0 Å². The summed E-state index contributed by atoms with van der Waals surface area (Å²) >= 11 is 0. The van der Waals surface area contributed by atoms with E-state index in [9.17, 15) is 9.59 Å². The van der Waals surface area contributed by atoms with Gasteiger partial charge in [0, 0.05) is 24.1 Å². The molecule has 25 heavy (non-hydrogen) atoms. The van der Waals surface area contributed by atoms with Crippen LogP contribution in [0.2, 0.25) is 0 Å². The van der Waals surface area contributed by atoms with Gasteiger partial charge in [-0.2, -0.15) is 0 Å². The molecule has 2 N–H and O–H groups in total. The third-order valence-electron chi connectivity index (χ3n) is 5.69. The van der Waals surface area contributed by atoms with Crippen LogP contribution in [0.1, 0.15) is 40.2 Å². The molecule has 1 aliphatic carbocycles. The first-order valence-electron chi connectivity index (χ1n) is 8.81. The highest BCUT2D eigenvalue weighted by Crippen LogP contribution is 2.42. The summed E-state index contributed by atoms with van der Waals surface area (Å²) in [7, 11) is 0. The molecular formula is C20H19N3O2. The number of imidazole rings is 1. The first-order chi connectivity index (χ1) is 12.2. The first-order valence-corrected chi connectivity index (χ1v) is 8.81. The summed E-state index contributed by atoms with van der Waals surface area (Å²) in [6, 6.07) is 14.2. The number of fused-ring (bicyclic) bond motifs is 4. The molecule has 0 saturated carbocycles. The van der Waals surface area contributed by atoms with Crippen molar-refractivity contribution in [3.63, 3.8) is 0 Å². The number of carbonyl (C=O) groups excluding carboxylic acids is 1. The quantitative estimate of drug-likeness (QED) is 0.719.